The van der Waals surface area contributed by atoms with Gasteiger partial charge in [-0.1, -0.05) is 42.5 Å². The number of nitrogens with zero attached hydrogens (tertiary/aromatic N) is 1. The second kappa shape index (κ2) is 14.6. The molecule has 1 heterocycles. The summed E-state index contributed by atoms with van der Waals surface area (Å²) in [6.45, 7) is 2.44. The molecule has 5 aromatic rings. The van der Waals surface area contributed by atoms with Gasteiger partial charge in [0.1, 0.15) is 23.0 Å². The summed E-state index contributed by atoms with van der Waals surface area (Å²) < 4.78 is 17.7. The number of carboxylic acid groups (broad SMARTS) is 1. The van der Waals surface area contributed by atoms with E-state index in [-0.39, 0.29) is 13.0 Å². The number of aliphatic carboxylic acids is 1. The third-order valence-corrected chi connectivity index (χ3v) is 6.84. The van der Waals surface area contributed by atoms with Crippen LogP contribution in [-0.4, -0.2) is 28.7 Å². The number of ether oxygens (including phenoxy) is 2. The number of benzene rings is 4. The fourth-order valence-electron chi connectivity index (χ4n) is 4.55. The number of nitrogens with one attached hydrogen (secondary N) is 2. The predicted octanol–water partition coefficient (Wildman–Crippen LogP) is 7.40. The number of para-hydroxylation sites is 1. The number of carboxylic acids is 1. The Kier molecular flexibility index (Phi) is 9.89. The lowest BCUT2D eigenvalue weighted by Crippen LogP contribution is -2.28. The number of carbonyl (C=O) groups is 2. The Balaban J connectivity index is 1.17. The van der Waals surface area contributed by atoms with E-state index < -0.39 is 12.0 Å². The summed E-state index contributed by atoms with van der Waals surface area (Å²) >= 11 is 0. The van der Waals surface area contributed by atoms with E-state index in [0.29, 0.717) is 42.5 Å². The topological polar surface area (TPSA) is 123 Å². The number of amides is 2. The Morgan fingerprint density at radius 3 is 2.23 bits per heavy atom. The lowest BCUT2D eigenvalue weighted by atomic mass is 10.0. The summed E-state index contributed by atoms with van der Waals surface area (Å²) in [6, 6.07) is 31.3. The smallest absolute Gasteiger partial charge is 0.319 e. The Bertz CT molecular complexity index is 1690. The van der Waals surface area contributed by atoms with Crippen LogP contribution in [-0.2, 0) is 24.2 Å². The van der Waals surface area contributed by atoms with Crippen molar-refractivity contribution >= 4 is 17.7 Å². The highest BCUT2D eigenvalue weighted by Gasteiger charge is 2.13. The largest absolute Gasteiger partial charge is 0.493 e. The monoisotopic (exact) mass is 591 g/mol. The SMILES string of the molecule is Cc1oc(-c2ccccc2)nc1CCOc1ccc(CCC(=O)O)c(CNC(=O)Nc2ccc(Oc3ccccc3)cc2)c1. The van der Waals surface area contributed by atoms with Gasteiger partial charge in [0.2, 0.25) is 5.89 Å². The minimum atomic E-state index is -0.889. The summed E-state index contributed by atoms with van der Waals surface area (Å²) in [5, 5.41) is 14.9. The van der Waals surface area contributed by atoms with Gasteiger partial charge in [-0.2, -0.15) is 0 Å². The van der Waals surface area contributed by atoms with Crippen molar-refractivity contribution in [1.29, 1.82) is 0 Å². The van der Waals surface area contributed by atoms with E-state index in [4.69, 9.17) is 13.9 Å². The van der Waals surface area contributed by atoms with E-state index in [1.54, 1.807) is 24.3 Å². The van der Waals surface area contributed by atoms with Crippen molar-refractivity contribution < 1.29 is 28.6 Å². The van der Waals surface area contributed by atoms with Gasteiger partial charge in [0.15, 0.2) is 0 Å². The molecule has 5 rings (SSSR count). The molecule has 0 saturated heterocycles. The van der Waals surface area contributed by atoms with Crippen molar-refractivity contribution in [2.24, 2.45) is 0 Å². The molecule has 9 heteroatoms. The fraction of sp³-hybridized carbons (Fsp3) is 0.171. The molecule has 0 radical (unpaired) electrons. The van der Waals surface area contributed by atoms with E-state index in [9.17, 15) is 14.7 Å². The van der Waals surface area contributed by atoms with E-state index in [0.717, 1.165) is 33.9 Å². The molecule has 3 N–H and O–H groups in total. The van der Waals surface area contributed by atoms with Crippen molar-refractivity contribution in [3.8, 4) is 28.7 Å². The van der Waals surface area contributed by atoms with Gasteiger partial charge in [-0.25, -0.2) is 9.78 Å². The van der Waals surface area contributed by atoms with Crippen molar-refractivity contribution in [2.75, 3.05) is 11.9 Å². The second-order valence-electron chi connectivity index (χ2n) is 10.1. The number of anilines is 1. The first-order valence-electron chi connectivity index (χ1n) is 14.3. The van der Waals surface area contributed by atoms with E-state index >= 15 is 0 Å². The number of urea groups is 1. The average Bonchev–Trinajstić information content (AvgIpc) is 3.41. The van der Waals surface area contributed by atoms with Crippen molar-refractivity contribution in [2.45, 2.75) is 32.7 Å². The molecule has 44 heavy (non-hydrogen) atoms. The molecule has 0 saturated carbocycles. The van der Waals surface area contributed by atoms with Crippen molar-refractivity contribution in [3.63, 3.8) is 0 Å². The molecule has 0 bridgehead atoms. The zero-order valence-corrected chi connectivity index (χ0v) is 24.3. The predicted molar refractivity (Wildman–Crippen MR) is 167 cm³/mol. The molecular formula is C35H33N3O6. The van der Waals surface area contributed by atoms with Gasteiger partial charge in [0, 0.05) is 30.6 Å². The van der Waals surface area contributed by atoms with Gasteiger partial charge in [-0.3, -0.25) is 4.79 Å². The zero-order chi connectivity index (χ0) is 30.7. The van der Waals surface area contributed by atoms with Crippen LogP contribution in [0, 0.1) is 6.92 Å². The molecule has 0 spiro atoms. The minimum Gasteiger partial charge on any atom is -0.493 e. The Hall–Kier alpha value is -5.57. The van der Waals surface area contributed by atoms with Crippen LogP contribution in [0.5, 0.6) is 17.2 Å². The van der Waals surface area contributed by atoms with Crippen LogP contribution < -0.4 is 20.1 Å². The van der Waals surface area contributed by atoms with Crippen LogP contribution in [0.4, 0.5) is 10.5 Å². The first-order valence-corrected chi connectivity index (χ1v) is 14.3. The van der Waals surface area contributed by atoms with Crippen molar-refractivity contribution in [1.82, 2.24) is 10.3 Å². The van der Waals surface area contributed by atoms with Crippen LogP contribution >= 0.6 is 0 Å². The Morgan fingerprint density at radius 2 is 1.50 bits per heavy atom. The number of carbonyl (C=O) groups excluding carboxylic acids is 1. The third-order valence-electron chi connectivity index (χ3n) is 6.84. The maximum atomic E-state index is 12.7. The molecule has 0 fully saturated rings. The average molecular weight is 592 g/mol. The Labute approximate surface area is 255 Å². The molecule has 0 unspecified atom stereocenters. The van der Waals surface area contributed by atoms with Gasteiger partial charge < -0.3 is 29.6 Å². The third kappa shape index (κ3) is 8.48. The molecule has 0 atom stereocenters. The summed E-state index contributed by atoms with van der Waals surface area (Å²) in [7, 11) is 0. The van der Waals surface area contributed by atoms with Gasteiger partial charge >= 0.3 is 12.0 Å². The molecule has 4 aromatic carbocycles. The standard InChI is InChI=1S/C35H33N3O6/c1-24-32(38-34(43-24)26-8-4-2-5-9-26)20-21-42-31-16-12-25(13-19-33(39)40)27(22-31)23-36-35(41)37-28-14-17-30(18-15-28)44-29-10-6-3-7-11-29/h2-12,14-18,22H,13,19-21,23H2,1H3,(H,39,40)(H2,36,37,41). The van der Waals surface area contributed by atoms with Crippen LogP contribution in [0.2, 0.25) is 0 Å². The lowest BCUT2D eigenvalue weighted by Gasteiger charge is -2.14. The van der Waals surface area contributed by atoms with E-state index in [1.165, 1.54) is 0 Å². The van der Waals surface area contributed by atoms with E-state index in [1.807, 2.05) is 85.8 Å². The maximum absolute atomic E-state index is 12.7. The minimum absolute atomic E-state index is 0.0218. The first kappa shape index (κ1) is 29.9. The van der Waals surface area contributed by atoms with Gasteiger partial charge in [0.25, 0.3) is 0 Å². The molecule has 0 aliphatic heterocycles. The van der Waals surface area contributed by atoms with E-state index in [2.05, 4.69) is 15.6 Å². The zero-order valence-electron chi connectivity index (χ0n) is 24.3. The number of aromatic nitrogens is 1. The number of oxazole rings is 1. The molecule has 0 aliphatic rings. The number of aryl methyl sites for hydroxylation is 2. The van der Waals surface area contributed by atoms with Gasteiger partial charge in [-0.15, -0.1) is 0 Å². The summed E-state index contributed by atoms with van der Waals surface area (Å²) in [4.78, 5) is 28.5. The molecule has 9 nitrogen and oxygen atoms in total. The Morgan fingerprint density at radius 1 is 0.818 bits per heavy atom. The summed E-state index contributed by atoms with van der Waals surface area (Å²) in [5.41, 5.74) is 3.93. The first-order chi connectivity index (χ1) is 21.4. The second-order valence-corrected chi connectivity index (χ2v) is 10.1. The normalized spacial score (nSPS) is 10.7. The highest BCUT2D eigenvalue weighted by molar-refractivity contribution is 5.89. The highest BCUT2D eigenvalue weighted by Crippen LogP contribution is 2.24. The highest BCUT2D eigenvalue weighted by atomic mass is 16.5. The van der Waals surface area contributed by atoms with Crippen molar-refractivity contribution in [3.05, 3.63) is 126 Å². The number of hydrogen-bond acceptors (Lipinski definition) is 6. The van der Waals surface area contributed by atoms with Crippen LogP contribution in [0.1, 0.15) is 29.0 Å². The van der Waals surface area contributed by atoms with Crippen LogP contribution in [0.25, 0.3) is 11.5 Å². The lowest BCUT2D eigenvalue weighted by molar-refractivity contribution is -0.136. The summed E-state index contributed by atoms with van der Waals surface area (Å²) in [5.74, 6) is 2.41. The quantitative estimate of drug-likeness (QED) is 0.130. The van der Waals surface area contributed by atoms with Gasteiger partial charge in [0.05, 0.1) is 12.3 Å². The fourth-order valence-corrected chi connectivity index (χ4v) is 4.55. The van der Waals surface area contributed by atoms with Crippen LogP contribution in [0.3, 0.4) is 0 Å². The summed E-state index contributed by atoms with van der Waals surface area (Å²) in [6.07, 6.45) is 0.859. The molecular weight excluding hydrogens is 558 g/mol. The number of rotatable bonds is 13. The van der Waals surface area contributed by atoms with Gasteiger partial charge in [-0.05, 0) is 85.1 Å². The molecule has 224 valence electrons. The maximum Gasteiger partial charge on any atom is 0.319 e. The molecule has 1 aromatic heterocycles. The molecule has 0 aliphatic carbocycles. The van der Waals surface area contributed by atoms with Crippen LogP contribution in [0.15, 0.2) is 108 Å². The number of hydrogen-bond donors (Lipinski definition) is 3. The molecule has 2 amide bonds.